The highest BCUT2D eigenvalue weighted by molar-refractivity contribution is 7.91. The summed E-state index contributed by atoms with van der Waals surface area (Å²) >= 11 is 0. The van der Waals surface area contributed by atoms with Crippen molar-refractivity contribution in [1.29, 1.82) is 0 Å². The highest BCUT2D eigenvalue weighted by atomic mass is 32.2. The third kappa shape index (κ3) is 3.33. The van der Waals surface area contributed by atoms with E-state index in [0.29, 0.717) is 18.9 Å². The summed E-state index contributed by atoms with van der Waals surface area (Å²) in [4.78, 5) is 6.29. The maximum Gasteiger partial charge on any atom is 0.209 e. The first-order chi connectivity index (χ1) is 10.0. The minimum absolute atomic E-state index is 0.0575. The highest BCUT2D eigenvalue weighted by Crippen LogP contribution is 2.22. The number of benzene rings is 1. The molecule has 5 nitrogen and oxygen atoms in total. The number of hydrogen-bond acceptors (Lipinski definition) is 5. The molecular weight excluding hydrogens is 288 g/mol. The third-order valence-corrected chi connectivity index (χ3v) is 5.58. The molecule has 1 atom stereocenters. The van der Waals surface area contributed by atoms with Gasteiger partial charge in [0.2, 0.25) is 5.89 Å². The molecule has 6 heteroatoms. The van der Waals surface area contributed by atoms with E-state index in [2.05, 4.69) is 4.98 Å². The quantitative estimate of drug-likeness (QED) is 0.864. The molecule has 1 aliphatic heterocycles. The van der Waals surface area contributed by atoms with Crippen LogP contribution < -0.4 is 0 Å². The largest absolute Gasteiger partial charge is 0.439 e. The van der Waals surface area contributed by atoms with Crippen LogP contribution in [0.1, 0.15) is 12.3 Å². The van der Waals surface area contributed by atoms with E-state index in [0.717, 1.165) is 11.3 Å². The molecule has 1 saturated heterocycles. The van der Waals surface area contributed by atoms with Crippen molar-refractivity contribution in [2.75, 3.05) is 18.6 Å². The Morgan fingerprint density at radius 2 is 2.10 bits per heavy atom. The van der Waals surface area contributed by atoms with Gasteiger partial charge >= 0.3 is 0 Å². The number of aromatic nitrogens is 1. The zero-order valence-corrected chi connectivity index (χ0v) is 12.7. The fourth-order valence-electron chi connectivity index (χ4n) is 2.58. The standard InChI is InChI=1S/C15H18N2O3S/c1-17(13-7-8-21(18,19)11-13)10-15-16-9-14(20-15)12-5-3-2-4-6-12/h2-6,9,13H,7-8,10-11H2,1H3. The maximum atomic E-state index is 11.5. The molecule has 0 amide bonds. The molecule has 0 bridgehead atoms. The summed E-state index contributed by atoms with van der Waals surface area (Å²) < 4.78 is 28.8. The molecule has 0 radical (unpaired) electrons. The van der Waals surface area contributed by atoms with Gasteiger partial charge in [0, 0.05) is 11.6 Å². The van der Waals surface area contributed by atoms with Crippen LogP contribution in [0, 0.1) is 0 Å². The molecule has 1 fully saturated rings. The zero-order valence-electron chi connectivity index (χ0n) is 11.9. The van der Waals surface area contributed by atoms with Gasteiger partial charge in [-0.3, -0.25) is 4.90 Å². The second kappa shape index (κ2) is 5.61. The summed E-state index contributed by atoms with van der Waals surface area (Å²) in [5.41, 5.74) is 0.988. The van der Waals surface area contributed by atoms with Gasteiger partial charge in [0.05, 0.1) is 24.2 Å². The highest BCUT2D eigenvalue weighted by Gasteiger charge is 2.31. The topological polar surface area (TPSA) is 63.4 Å². The van der Waals surface area contributed by atoms with Crippen molar-refractivity contribution >= 4 is 9.84 Å². The zero-order chi connectivity index (χ0) is 14.9. The summed E-state index contributed by atoms with van der Waals surface area (Å²) in [7, 11) is -0.949. The molecule has 1 aromatic carbocycles. The van der Waals surface area contributed by atoms with Crippen molar-refractivity contribution in [3.63, 3.8) is 0 Å². The Morgan fingerprint density at radius 1 is 1.33 bits per heavy atom. The van der Waals surface area contributed by atoms with Crippen LogP contribution in [0.5, 0.6) is 0 Å². The fraction of sp³-hybridized carbons (Fsp3) is 0.400. The molecule has 2 heterocycles. The fourth-order valence-corrected chi connectivity index (χ4v) is 4.39. The van der Waals surface area contributed by atoms with E-state index in [-0.39, 0.29) is 17.5 Å². The van der Waals surface area contributed by atoms with E-state index in [1.165, 1.54) is 0 Å². The first kappa shape index (κ1) is 14.3. The van der Waals surface area contributed by atoms with Crippen LogP contribution in [0.25, 0.3) is 11.3 Å². The Hall–Kier alpha value is -1.66. The molecule has 0 spiro atoms. The Kier molecular flexibility index (Phi) is 3.82. The molecule has 2 aromatic rings. The van der Waals surface area contributed by atoms with Crippen LogP contribution in [-0.2, 0) is 16.4 Å². The van der Waals surface area contributed by atoms with Crippen LogP contribution in [0.2, 0.25) is 0 Å². The molecule has 0 saturated carbocycles. The SMILES string of the molecule is CN(Cc1ncc(-c2ccccc2)o1)C1CCS(=O)(=O)C1. The van der Waals surface area contributed by atoms with Gasteiger partial charge < -0.3 is 4.42 Å². The number of nitrogens with zero attached hydrogens (tertiary/aromatic N) is 2. The number of oxazole rings is 1. The Morgan fingerprint density at radius 3 is 2.76 bits per heavy atom. The van der Waals surface area contributed by atoms with Crippen molar-refractivity contribution in [2.24, 2.45) is 0 Å². The van der Waals surface area contributed by atoms with Crippen molar-refractivity contribution in [3.05, 3.63) is 42.4 Å². The number of hydrogen-bond donors (Lipinski definition) is 0. The van der Waals surface area contributed by atoms with E-state index < -0.39 is 9.84 Å². The Labute approximate surface area is 124 Å². The van der Waals surface area contributed by atoms with Gasteiger partial charge in [-0.05, 0) is 13.5 Å². The number of sulfone groups is 1. The van der Waals surface area contributed by atoms with E-state index in [4.69, 9.17) is 4.42 Å². The summed E-state index contributed by atoms with van der Waals surface area (Å²) in [5, 5.41) is 0. The van der Waals surface area contributed by atoms with Crippen LogP contribution in [0.15, 0.2) is 40.9 Å². The Bertz CT molecular complexity index is 710. The minimum atomic E-state index is -2.86. The normalized spacial score (nSPS) is 21.0. The summed E-state index contributed by atoms with van der Waals surface area (Å²) in [6.07, 6.45) is 2.40. The van der Waals surface area contributed by atoms with Crippen LogP contribution in [-0.4, -0.2) is 42.9 Å². The van der Waals surface area contributed by atoms with Crippen molar-refractivity contribution < 1.29 is 12.8 Å². The van der Waals surface area contributed by atoms with Crippen LogP contribution in [0.3, 0.4) is 0 Å². The molecule has 1 aromatic heterocycles. The molecule has 1 aliphatic rings. The first-order valence-electron chi connectivity index (χ1n) is 6.94. The molecule has 0 aliphatic carbocycles. The first-order valence-corrected chi connectivity index (χ1v) is 8.76. The van der Waals surface area contributed by atoms with Crippen molar-refractivity contribution in [3.8, 4) is 11.3 Å². The van der Waals surface area contributed by atoms with Crippen molar-refractivity contribution in [1.82, 2.24) is 9.88 Å². The lowest BCUT2D eigenvalue weighted by atomic mass is 10.2. The van der Waals surface area contributed by atoms with Gasteiger partial charge in [-0.2, -0.15) is 0 Å². The molecule has 21 heavy (non-hydrogen) atoms. The number of rotatable bonds is 4. The van der Waals surface area contributed by atoms with Gasteiger partial charge in [0.1, 0.15) is 0 Å². The third-order valence-electron chi connectivity index (χ3n) is 3.83. The summed E-state index contributed by atoms with van der Waals surface area (Å²) in [5.74, 6) is 1.86. The van der Waals surface area contributed by atoms with Gasteiger partial charge in [-0.1, -0.05) is 30.3 Å². The lowest BCUT2D eigenvalue weighted by Gasteiger charge is -2.20. The second-order valence-electron chi connectivity index (χ2n) is 5.46. The molecule has 3 rings (SSSR count). The predicted octanol–water partition coefficient (Wildman–Crippen LogP) is 1.96. The maximum absolute atomic E-state index is 11.5. The van der Waals surface area contributed by atoms with Crippen LogP contribution in [0.4, 0.5) is 0 Å². The van der Waals surface area contributed by atoms with Gasteiger partial charge in [-0.15, -0.1) is 0 Å². The van der Waals surface area contributed by atoms with Gasteiger partial charge in [-0.25, -0.2) is 13.4 Å². The molecule has 0 N–H and O–H groups in total. The van der Waals surface area contributed by atoms with Crippen molar-refractivity contribution in [2.45, 2.75) is 19.0 Å². The van der Waals surface area contributed by atoms with E-state index in [1.807, 2.05) is 42.3 Å². The molecule has 1 unspecified atom stereocenters. The van der Waals surface area contributed by atoms with E-state index in [9.17, 15) is 8.42 Å². The second-order valence-corrected chi connectivity index (χ2v) is 7.68. The smallest absolute Gasteiger partial charge is 0.209 e. The summed E-state index contributed by atoms with van der Waals surface area (Å²) in [6, 6.07) is 9.85. The predicted molar refractivity (Wildman–Crippen MR) is 80.5 cm³/mol. The average molecular weight is 306 g/mol. The molecule has 112 valence electrons. The lowest BCUT2D eigenvalue weighted by Crippen LogP contribution is -2.32. The van der Waals surface area contributed by atoms with Gasteiger partial charge in [0.25, 0.3) is 0 Å². The van der Waals surface area contributed by atoms with Crippen LogP contribution >= 0.6 is 0 Å². The minimum Gasteiger partial charge on any atom is -0.439 e. The lowest BCUT2D eigenvalue weighted by molar-refractivity contribution is 0.230. The van der Waals surface area contributed by atoms with E-state index >= 15 is 0 Å². The van der Waals surface area contributed by atoms with Gasteiger partial charge in [0.15, 0.2) is 15.6 Å². The monoisotopic (exact) mass is 306 g/mol. The van der Waals surface area contributed by atoms with E-state index in [1.54, 1.807) is 6.20 Å². The average Bonchev–Trinajstić information content (AvgIpc) is 3.06. The molecular formula is C15H18N2O3S. The summed E-state index contributed by atoms with van der Waals surface area (Å²) in [6.45, 7) is 0.521. The Balaban J connectivity index is 1.68.